The van der Waals surface area contributed by atoms with Gasteiger partial charge in [0, 0.05) is 25.5 Å². The predicted octanol–water partition coefficient (Wildman–Crippen LogP) is 3.94. The number of fused-ring (bicyclic) bond motifs is 1. The number of thiazole rings is 1. The SMILES string of the molecule is CC1=C(C(=O)Nc2ccccc2)[C@H](c2ccccc2)n2c(s/c(=C/c3ccc(N(C)C)cc3)c2=O)=N1. The summed E-state index contributed by atoms with van der Waals surface area (Å²) in [5, 5.41) is 2.97. The van der Waals surface area contributed by atoms with Crippen LogP contribution in [0.15, 0.2) is 106 Å². The molecule has 1 N–H and O–H groups in total. The van der Waals surface area contributed by atoms with Crippen LogP contribution in [0.2, 0.25) is 0 Å². The molecule has 2 heterocycles. The van der Waals surface area contributed by atoms with Crippen molar-refractivity contribution >= 4 is 34.7 Å². The highest BCUT2D eigenvalue weighted by Crippen LogP contribution is 2.30. The van der Waals surface area contributed by atoms with Crippen molar-refractivity contribution in [2.45, 2.75) is 13.0 Å². The first-order chi connectivity index (χ1) is 17.4. The van der Waals surface area contributed by atoms with Crippen molar-refractivity contribution in [2.24, 2.45) is 4.99 Å². The lowest BCUT2D eigenvalue weighted by Crippen LogP contribution is -2.40. The van der Waals surface area contributed by atoms with Gasteiger partial charge in [-0.25, -0.2) is 4.99 Å². The van der Waals surface area contributed by atoms with E-state index in [4.69, 9.17) is 4.99 Å². The maximum atomic E-state index is 13.7. The van der Waals surface area contributed by atoms with Gasteiger partial charge in [0.2, 0.25) is 0 Å². The van der Waals surface area contributed by atoms with E-state index in [1.807, 2.05) is 117 Å². The van der Waals surface area contributed by atoms with E-state index in [9.17, 15) is 9.59 Å². The fourth-order valence-corrected chi connectivity index (χ4v) is 5.35. The van der Waals surface area contributed by atoms with E-state index in [2.05, 4.69) is 5.32 Å². The first kappa shape index (κ1) is 23.5. The number of para-hydroxylation sites is 1. The molecule has 1 atom stereocenters. The first-order valence-corrected chi connectivity index (χ1v) is 12.5. The van der Waals surface area contributed by atoms with E-state index in [0.717, 1.165) is 16.8 Å². The molecule has 0 spiro atoms. The minimum atomic E-state index is -0.579. The van der Waals surface area contributed by atoms with E-state index >= 15 is 0 Å². The van der Waals surface area contributed by atoms with Crippen molar-refractivity contribution in [3.8, 4) is 0 Å². The molecule has 7 heteroatoms. The molecule has 36 heavy (non-hydrogen) atoms. The maximum absolute atomic E-state index is 13.7. The average molecular weight is 495 g/mol. The van der Waals surface area contributed by atoms with Crippen LogP contribution in [0.3, 0.4) is 0 Å². The summed E-state index contributed by atoms with van der Waals surface area (Å²) in [6, 6.07) is 26.4. The number of hydrogen-bond donors (Lipinski definition) is 1. The fourth-order valence-electron chi connectivity index (χ4n) is 4.30. The number of carbonyl (C=O) groups is 1. The molecule has 180 valence electrons. The Morgan fingerprint density at radius 3 is 2.25 bits per heavy atom. The molecule has 0 unspecified atom stereocenters. The standard InChI is InChI=1S/C29H26N4O2S/c1-19-25(27(34)31-22-12-8-5-9-13-22)26(21-10-6-4-7-11-21)33-28(35)24(36-29(33)30-19)18-20-14-16-23(17-15-20)32(2)3/h4-18,26H,1-3H3,(H,31,34)/b24-18+/t26-/m0/s1. The second kappa shape index (κ2) is 9.79. The molecule has 0 bridgehead atoms. The largest absolute Gasteiger partial charge is 0.378 e. The Morgan fingerprint density at radius 1 is 0.972 bits per heavy atom. The van der Waals surface area contributed by atoms with Crippen molar-refractivity contribution < 1.29 is 4.79 Å². The van der Waals surface area contributed by atoms with E-state index in [1.165, 1.54) is 11.3 Å². The Bertz CT molecular complexity index is 1620. The normalized spacial score (nSPS) is 15.3. The van der Waals surface area contributed by atoms with Gasteiger partial charge in [0.25, 0.3) is 11.5 Å². The lowest BCUT2D eigenvalue weighted by atomic mass is 9.95. The van der Waals surface area contributed by atoms with Gasteiger partial charge in [0.15, 0.2) is 4.80 Å². The van der Waals surface area contributed by atoms with E-state index < -0.39 is 6.04 Å². The third kappa shape index (κ3) is 4.53. The molecule has 0 radical (unpaired) electrons. The third-order valence-corrected chi connectivity index (χ3v) is 7.10. The molecule has 0 saturated carbocycles. The summed E-state index contributed by atoms with van der Waals surface area (Å²) < 4.78 is 2.22. The smallest absolute Gasteiger partial charge is 0.271 e. The number of rotatable bonds is 5. The van der Waals surface area contributed by atoms with Gasteiger partial charge < -0.3 is 10.2 Å². The van der Waals surface area contributed by atoms with Crippen LogP contribution in [0.4, 0.5) is 11.4 Å². The summed E-state index contributed by atoms with van der Waals surface area (Å²) in [5.74, 6) is -0.273. The van der Waals surface area contributed by atoms with Crippen LogP contribution in [-0.2, 0) is 4.79 Å². The summed E-state index contributed by atoms with van der Waals surface area (Å²) >= 11 is 1.34. The lowest BCUT2D eigenvalue weighted by molar-refractivity contribution is -0.113. The quantitative estimate of drug-likeness (QED) is 0.457. The molecular weight excluding hydrogens is 468 g/mol. The zero-order valence-corrected chi connectivity index (χ0v) is 21.1. The topological polar surface area (TPSA) is 66.7 Å². The first-order valence-electron chi connectivity index (χ1n) is 11.6. The van der Waals surface area contributed by atoms with Crippen LogP contribution < -0.4 is 25.1 Å². The average Bonchev–Trinajstić information content (AvgIpc) is 3.18. The van der Waals surface area contributed by atoms with Crippen LogP contribution in [0, 0.1) is 0 Å². The maximum Gasteiger partial charge on any atom is 0.271 e. The highest BCUT2D eigenvalue weighted by atomic mass is 32.1. The lowest BCUT2D eigenvalue weighted by Gasteiger charge is -2.25. The van der Waals surface area contributed by atoms with Crippen molar-refractivity contribution in [1.29, 1.82) is 0 Å². The molecular formula is C29H26N4O2S. The minimum Gasteiger partial charge on any atom is -0.378 e. The van der Waals surface area contributed by atoms with Gasteiger partial charge in [-0.2, -0.15) is 0 Å². The molecule has 1 aliphatic heterocycles. The number of hydrogen-bond acceptors (Lipinski definition) is 5. The highest BCUT2D eigenvalue weighted by Gasteiger charge is 2.32. The fraction of sp³-hybridized carbons (Fsp3) is 0.138. The Balaban J connectivity index is 1.63. The molecule has 4 aromatic rings. The Hall–Kier alpha value is -4.23. The predicted molar refractivity (Wildman–Crippen MR) is 146 cm³/mol. The second-order valence-electron chi connectivity index (χ2n) is 8.80. The van der Waals surface area contributed by atoms with Crippen LogP contribution >= 0.6 is 11.3 Å². The summed E-state index contributed by atoms with van der Waals surface area (Å²) in [5.41, 5.74) is 4.45. The van der Waals surface area contributed by atoms with E-state index in [1.54, 1.807) is 4.57 Å². The third-order valence-electron chi connectivity index (χ3n) is 6.12. The number of benzene rings is 3. The molecule has 6 nitrogen and oxygen atoms in total. The highest BCUT2D eigenvalue weighted by molar-refractivity contribution is 7.07. The summed E-state index contributed by atoms with van der Waals surface area (Å²) in [6.07, 6.45) is 1.88. The van der Waals surface area contributed by atoms with Crippen molar-refractivity contribution in [1.82, 2.24) is 4.57 Å². The molecule has 1 aliphatic rings. The van der Waals surface area contributed by atoms with Gasteiger partial charge >= 0.3 is 0 Å². The van der Waals surface area contributed by atoms with Crippen LogP contribution in [0.25, 0.3) is 6.08 Å². The van der Waals surface area contributed by atoms with E-state index in [-0.39, 0.29) is 11.5 Å². The summed E-state index contributed by atoms with van der Waals surface area (Å²) in [7, 11) is 3.98. The van der Waals surface area contributed by atoms with Crippen LogP contribution in [0.1, 0.15) is 24.1 Å². The number of nitrogens with one attached hydrogen (secondary N) is 1. The Labute approximate surface area is 213 Å². The summed E-state index contributed by atoms with van der Waals surface area (Å²) in [4.78, 5) is 34.6. The molecule has 5 rings (SSSR count). The van der Waals surface area contributed by atoms with Gasteiger partial charge in [0.05, 0.1) is 21.8 Å². The van der Waals surface area contributed by atoms with Gasteiger partial charge in [-0.1, -0.05) is 72.0 Å². The van der Waals surface area contributed by atoms with E-state index in [0.29, 0.717) is 26.3 Å². The molecule has 0 fully saturated rings. The second-order valence-corrected chi connectivity index (χ2v) is 9.81. The Kier molecular flexibility index (Phi) is 6.40. The van der Waals surface area contributed by atoms with Crippen molar-refractivity contribution in [3.05, 3.63) is 127 Å². The number of nitrogens with zero attached hydrogens (tertiary/aromatic N) is 3. The zero-order valence-electron chi connectivity index (χ0n) is 20.3. The van der Waals surface area contributed by atoms with Crippen molar-refractivity contribution in [3.63, 3.8) is 0 Å². The van der Waals surface area contributed by atoms with Gasteiger partial charge in [-0.3, -0.25) is 14.2 Å². The number of allylic oxidation sites excluding steroid dienone is 1. The molecule has 1 aromatic heterocycles. The van der Waals surface area contributed by atoms with Gasteiger partial charge in [-0.15, -0.1) is 0 Å². The van der Waals surface area contributed by atoms with Gasteiger partial charge in [-0.05, 0) is 48.4 Å². The van der Waals surface area contributed by atoms with Crippen LogP contribution in [-0.4, -0.2) is 24.6 Å². The van der Waals surface area contributed by atoms with Crippen LogP contribution in [0.5, 0.6) is 0 Å². The number of anilines is 2. The Morgan fingerprint density at radius 2 is 1.61 bits per heavy atom. The molecule has 0 aliphatic carbocycles. The molecule has 3 aromatic carbocycles. The zero-order chi connectivity index (χ0) is 25.2. The minimum absolute atomic E-state index is 0.165. The van der Waals surface area contributed by atoms with Gasteiger partial charge in [0.1, 0.15) is 0 Å². The monoisotopic (exact) mass is 494 g/mol. The molecule has 1 amide bonds. The number of amides is 1. The van der Waals surface area contributed by atoms with Crippen molar-refractivity contribution in [2.75, 3.05) is 24.3 Å². The summed E-state index contributed by atoms with van der Waals surface area (Å²) in [6.45, 7) is 1.83. The number of carbonyl (C=O) groups excluding carboxylic acids is 1. The molecule has 0 saturated heterocycles. The number of aromatic nitrogens is 1.